The molecule has 5 heteroatoms. The number of halogens is 1. The van der Waals surface area contributed by atoms with Gasteiger partial charge in [0.15, 0.2) is 6.61 Å². The minimum absolute atomic E-state index is 0.322. The van der Waals surface area contributed by atoms with Crippen molar-refractivity contribution in [3.05, 3.63) is 64.1 Å². The van der Waals surface area contributed by atoms with Crippen LogP contribution in [0.5, 0.6) is 0 Å². The van der Waals surface area contributed by atoms with Gasteiger partial charge in [0.05, 0.1) is 5.56 Å². The highest BCUT2D eigenvalue weighted by Crippen LogP contribution is 2.17. The lowest BCUT2D eigenvalue weighted by molar-refractivity contribution is -0.119. The number of esters is 1. The molecule has 2 rings (SSSR count). The van der Waals surface area contributed by atoms with Crippen molar-refractivity contribution in [2.45, 2.75) is 26.2 Å². The molecule has 126 valence electrons. The van der Waals surface area contributed by atoms with Crippen molar-refractivity contribution in [3.63, 3.8) is 0 Å². The van der Waals surface area contributed by atoms with Crippen molar-refractivity contribution in [2.24, 2.45) is 0 Å². The van der Waals surface area contributed by atoms with E-state index in [1.165, 1.54) is 5.56 Å². The van der Waals surface area contributed by atoms with Crippen molar-refractivity contribution >= 4 is 33.5 Å². The summed E-state index contributed by atoms with van der Waals surface area (Å²) >= 11 is 3.28. The van der Waals surface area contributed by atoms with Gasteiger partial charge < -0.3 is 10.1 Å². The average molecular weight is 390 g/mol. The maximum atomic E-state index is 11.9. The lowest BCUT2D eigenvalue weighted by Crippen LogP contribution is -2.21. The van der Waals surface area contributed by atoms with E-state index in [0.717, 1.165) is 19.3 Å². The van der Waals surface area contributed by atoms with Gasteiger partial charge in [0.1, 0.15) is 0 Å². The van der Waals surface area contributed by atoms with Crippen molar-refractivity contribution < 1.29 is 14.3 Å². The Labute approximate surface area is 150 Å². The Kier molecular flexibility index (Phi) is 7.00. The van der Waals surface area contributed by atoms with Crippen LogP contribution in [0.15, 0.2) is 53.0 Å². The minimum atomic E-state index is -0.535. The Hall–Kier alpha value is -2.14. The number of carbonyl (C=O) groups excluding carboxylic acids is 2. The summed E-state index contributed by atoms with van der Waals surface area (Å²) in [5, 5.41) is 2.72. The summed E-state index contributed by atoms with van der Waals surface area (Å²) in [6.45, 7) is 1.83. The summed E-state index contributed by atoms with van der Waals surface area (Å²) in [5.41, 5.74) is 2.33. The largest absolute Gasteiger partial charge is 0.452 e. The molecule has 0 heterocycles. The third kappa shape index (κ3) is 5.49. The number of benzene rings is 2. The predicted octanol–water partition coefficient (Wildman–Crippen LogP) is 4.59. The molecule has 0 fully saturated rings. The highest BCUT2D eigenvalue weighted by Gasteiger charge is 2.12. The van der Waals surface area contributed by atoms with E-state index in [1.807, 2.05) is 24.3 Å². The Morgan fingerprint density at radius 1 is 1.08 bits per heavy atom. The van der Waals surface area contributed by atoms with Crippen LogP contribution in [-0.2, 0) is 16.0 Å². The molecular weight excluding hydrogens is 370 g/mol. The predicted molar refractivity (Wildman–Crippen MR) is 98.1 cm³/mol. The molecule has 24 heavy (non-hydrogen) atoms. The second-order valence-electron chi connectivity index (χ2n) is 5.40. The second-order valence-corrected chi connectivity index (χ2v) is 6.26. The smallest absolute Gasteiger partial charge is 0.339 e. The number of unbranched alkanes of at least 4 members (excludes halogenated alkanes) is 1. The number of aryl methyl sites for hydroxylation is 1. The van der Waals surface area contributed by atoms with Crippen molar-refractivity contribution in [1.82, 2.24) is 0 Å². The van der Waals surface area contributed by atoms with Crippen molar-refractivity contribution in [3.8, 4) is 0 Å². The Balaban J connectivity index is 1.83. The fourth-order valence-corrected chi connectivity index (χ4v) is 2.61. The number of amides is 1. The molecule has 0 saturated carbocycles. The first-order valence-corrected chi connectivity index (χ1v) is 8.70. The number of rotatable bonds is 7. The van der Waals surface area contributed by atoms with Crippen LogP contribution in [0.25, 0.3) is 0 Å². The lowest BCUT2D eigenvalue weighted by atomic mass is 10.1. The summed E-state index contributed by atoms with van der Waals surface area (Å²) in [4.78, 5) is 23.8. The van der Waals surface area contributed by atoms with Crippen LogP contribution in [0.1, 0.15) is 35.7 Å². The van der Waals surface area contributed by atoms with Gasteiger partial charge in [-0.3, -0.25) is 4.79 Å². The molecule has 4 nitrogen and oxygen atoms in total. The first kappa shape index (κ1) is 18.2. The fourth-order valence-electron chi connectivity index (χ4n) is 2.17. The molecule has 0 bridgehead atoms. The lowest BCUT2D eigenvalue weighted by Gasteiger charge is -2.08. The first-order valence-electron chi connectivity index (χ1n) is 7.90. The van der Waals surface area contributed by atoms with Gasteiger partial charge in [0.2, 0.25) is 0 Å². The van der Waals surface area contributed by atoms with E-state index in [-0.39, 0.29) is 12.5 Å². The Morgan fingerprint density at radius 2 is 1.79 bits per heavy atom. The number of hydrogen-bond acceptors (Lipinski definition) is 3. The van der Waals surface area contributed by atoms with Gasteiger partial charge in [0.25, 0.3) is 5.91 Å². The van der Waals surface area contributed by atoms with Crippen molar-refractivity contribution in [1.29, 1.82) is 0 Å². The van der Waals surface area contributed by atoms with Gasteiger partial charge in [-0.15, -0.1) is 0 Å². The van der Waals surface area contributed by atoms with E-state index < -0.39 is 5.97 Å². The molecule has 1 amide bonds. The average Bonchev–Trinajstić information content (AvgIpc) is 2.59. The van der Waals surface area contributed by atoms with E-state index in [2.05, 4.69) is 28.2 Å². The van der Waals surface area contributed by atoms with Gasteiger partial charge in [-0.25, -0.2) is 4.79 Å². The molecule has 2 aromatic carbocycles. The summed E-state index contributed by atoms with van der Waals surface area (Å²) < 4.78 is 5.68. The number of carbonyl (C=O) groups is 2. The molecular formula is C19H20BrNO3. The van der Waals surface area contributed by atoms with Crippen LogP contribution in [0.4, 0.5) is 5.69 Å². The Morgan fingerprint density at radius 3 is 2.46 bits per heavy atom. The maximum absolute atomic E-state index is 11.9. The number of anilines is 1. The SMILES string of the molecule is CCCCc1ccc(NC(=O)COC(=O)c2ccccc2Br)cc1. The summed E-state index contributed by atoms with van der Waals surface area (Å²) in [6.07, 6.45) is 3.34. The van der Waals surface area contributed by atoms with Crippen LogP contribution in [0.2, 0.25) is 0 Å². The van der Waals surface area contributed by atoms with Gasteiger partial charge in [-0.2, -0.15) is 0 Å². The number of nitrogens with one attached hydrogen (secondary N) is 1. The van der Waals surface area contributed by atoms with E-state index >= 15 is 0 Å². The summed E-state index contributed by atoms with van der Waals surface area (Å²) in [5.74, 6) is -0.899. The van der Waals surface area contributed by atoms with Crippen LogP contribution in [0, 0.1) is 0 Å². The number of hydrogen-bond donors (Lipinski definition) is 1. The Bertz CT molecular complexity index is 698. The first-order chi connectivity index (χ1) is 11.6. The third-order valence-electron chi connectivity index (χ3n) is 3.48. The van der Waals surface area contributed by atoms with Gasteiger partial charge >= 0.3 is 5.97 Å². The van der Waals surface area contributed by atoms with E-state index in [9.17, 15) is 9.59 Å². The van der Waals surface area contributed by atoms with Crippen molar-refractivity contribution in [2.75, 3.05) is 11.9 Å². The molecule has 2 aromatic rings. The van der Waals surface area contributed by atoms with E-state index in [0.29, 0.717) is 15.7 Å². The molecule has 0 aliphatic carbocycles. The van der Waals surface area contributed by atoms with Gasteiger partial charge in [0, 0.05) is 10.2 Å². The van der Waals surface area contributed by atoms with Crippen LogP contribution in [0.3, 0.4) is 0 Å². The second kappa shape index (κ2) is 9.23. The monoisotopic (exact) mass is 389 g/mol. The molecule has 0 unspecified atom stereocenters. The molecule has 0 aliphatic heterocycles. The highest BCUT2D eigenvalue weighted by molar-refractivity contribution is 9.10. The highest BCUT2D eigenvalue weighted by atomic mass is 79.9. The summed E-state index contributed by atoms with van der Waals surface area (Å²) in [6, 6.07) is 14.6. The van der Waals surface area contributed by atoms with Gasteiger partial charge in [-0.1, -0.05) is 37.6 Å². The molecule has 0 saturated heterocycles. The zero-order valence-corrected chi connectivity index (χ0v) is 15.1. The molecule has 1 N–H and O–H groups in total. The van der Waals surface area contributed by atoms with E-state index in [1.54, 1.807) is 24.3 Å². The van der Waals surface area contributed by atoms with Crippen LogP contribution < -0.4 is 5.32 Å². The molecule has 0 atom stereocenters. The molecule has 0 spiro atoms. The summed E-state index contributed by atoms with van der Waals surface area (Å²) in [7, 11) is 0. The van der Waals surface area contributed by atoms with E-state index in [4.69, 9.17) is 4.74 Å². The normalized spacial score (nSPS) is 10.2. The molecule has 0 aliphatic rings. The molecule has 0 aromatic heterocycles. The minimum Gasteiger partial charge on any atom is -0.452 e. The zero-order valence-electron chi connectivity index (χ0n) is 13.5. The zero-order chi connectivity index (χ0) is 17.4. The third-order valence-corrected chi connectivity index (χ3v) is 4.18. The number of ether oxygens (including phenoxy) is 1. The van der Waals surface area contributed by atoms with Crippen LogP contribution >= 0.6 is 15.9 Å². The van der Waals surface area contributed by atoms with Crippen LogP contribution in [-0.4, -0.2) is 18.5 Å². The standard InChI is InChI=1S/C19H20BrNO3/c1-2-3-6-14-9-11-15(12-10-14)21-18(22)13-24-19(23)16-7-4-5-8-17(16)20/h4-5,7-12H,2-3,6,13H2,1H3,(H,21,22). The van der Waals surface area contributed by atoms with Gasteiger partial charge in [-0.05, 0) is 58.6 Å². The molecule has 0 radical (unpaired) electrons. The maximum Gasteiger partial charge on any atom is 0.339 e. The fraction of sp³-hybridized carbons (Fsp3) is 0.263. The quantitative estimate of drug-likeness (QED) is 0.704. The topological polar surface area (TPSA) is 55.4 Å².